The SMILES string of the molecule is Cc1cnc(C(=O)N[C@H](c2nc3cc(F)c(F)cc3[nH]2)C2CC2)cn1. The second-order valence-corrected chi connectivity index (χ2v) is 6.24. The fraction of sp³-hybridized carbons (Fsp3) is 0.294. The maximum Gasteiger partial charge on any atom is 0.272 e. The Morgan fingerprint density at radius 1 is 1.24 bits per heavy atom. The van der Waals surface area contributed by atoms with E-state index in [1.54, 1.807) is 6.92 Å². The van der Waals surface area contributed by atoms with Gasteiger partial charge in [-0.15, -0.1) is 0 Å². The van der Waals surface area contributed by atoms with E-state index in [1.165, 1.54) is 12.4 Å². The highest BCUT2D eigenvalue weighted by Gasteiger charge is 2.36. The molecule has 0 unspecified atom stereocenters. The lowest BCUT2D eigenvalue weighted by atomic mass is 10.1. The van der Waals surface area contributed by atoms with Crippen LogP contribution in [0.5, 0.6) is 0 Å². The van der Waals surface area contributed by atoms with Crippen molar-refractivity contribution in [2.24, 2.45) is 5.92 Å². The molecule has 1 saturated carbocycles. The van der Waals surface area contributed by atoms with Gasteiger partial charge >= 0.3 is 0 Å². The summed E-state index contributed by atoms with van der Waals surface area (Å²) in [5.74, 6) is -1.53. The normalized spacial score (nSPS) is 15.3. The molecule has 2 heterocycles. The molecule has 0 saturated heterocycles. The van der Waals surface area contributed by atoms with Crippen molar-refractivity contribution < 1.29 is 13.6 Å². The highest BCUT2D eigenvalue weighted by molar-refractivity contribution is 5.92. The minimum absolute atomic E-state index is 0.212. The number of nitrogens with one attached hydrogen (secondary N) is 2. The van der Waals surface area contributed by atoms with E-state index in [0.717, 1.165) is 30.7 Å². The van der Waals surface area contributed by atoms with Crippen LogP contribution in [0.1, 0.15) is 40.9 Å². The molecule has 1 atom stereocenters. The van der Waals surface area contributed by atoms with Gasteiger partial charge in [-0.05, 0) is 25.7 Å². The number of aryl methyl sites for hydroxylation is 1. The molecule has 8 heteroatoms. The summed E-state index contributed by atoms with van der Waals surface area (Å²) in [5.41, 5.74) is 1.65. The van der Waals surface area contributed by atoms with E-state index in [9.17, 15) is 13.6 Å². The van der Waals surface area contributed by atoms with Gasteiger partial charge in [-0.1, -0.05) is 0 Å². The molecule has 2 N–H and O–H groups in total. The maximum atomic E-state index is 13.4. The summed E-state index contributed by atoms with van der Waals surface area (Å²) in [7, 11) is 0. The van der Waals surface area contributed by atoms with E-state index in [0.29, 0.717) is 16.9 Å². The predicted molar refractivity (Wildman–Crippen MR) is 85.7 cm³/mol. The highest BCUT2D eigenvalue weighted by atomic mass is 19.2. The number of aromatic nitrogens is 4. The van der Waals surface area contributed by atoms with Gasteiger partial charge < -0.3 is 10.3 Å². The van der Waals surface area contributed by atoms with Crippen LogP contribution in [0.3, 0.4) is 0 Å². The van der Waals surface area contributed by atoms with Gasteiger partial charge in [0.25, 0.3) is 5.91 Å². The number of aromatic amines is 1. The largest absolute Gasteiger partial charge is 0.340 e. The summed E-state index contributed by atoms with van der Waals surface area (Å²) >= 11 is 0. The highest BCUT2D eigenvalue weighted by Crippen LogP contribution is 2.40. The first-order chi connectivity index (χ1) is 12.0. The molecule has 1 fully saturated rings. The third-order valence-electron chi connectivity index (χ3n) is 4.23. The lowest BCUT2D eigenvalue weighted by Gasteiger charge is -2.15. The molecule has 1 aliphatic carbocycles. The van der Waals surface area contributed by atoms with Crippen LogP contribution in [0.2, 0.25) is 0 Å². The maximum absolute atomic E-state index is 13.4. The second kappa shape index (κ2) is 5.87. The van der Waals surface area contributed by atoms with Gasteiger partial charge in [-0.2, -0.15) is 0 Å². The lowest BCUT2D eigenvalue weighted by molar-refractivity contribution is 0.0924. The van der Waals surface area contributed by atoms with Crippen LogP contribution in [0.15, 0.2) is 24.5 Å². The van der Waals surface area contributed by atoms with E-state index in [4.69, 9.17) is 0 Å². The van der Waals surface area contributed by atoms with Crippen molar-refractivity contribution in [2.75, 3.05) is 0 Å². The van der Waals surface area contributed by atoms with Crippen LogP contribution in [-0.2, 0) is 0 Å². The molecule has 1 aliphatic rings. The number of benzene rings is 1. The quantitative estimate of drug-likeness (QED) is 0.763. The van der Waals surface area contributed by atoms with E-state index >= 15 is 0 Å². The number of carbonyl (C=O) groups is 1. The molecule has 1 aromatic carbocycles. The number of hydrogen-bond acceptors (Lipinski definition) is 4. The molecule has 0 aliphatic heterocycles. The molecule has 6 nitrogen and oxygen atoms in total. The first-order valence-electron chi connectivity index (χ1n) is 7.95. The van der Waals surface area contributed by atoms with Gasteiger partial charge in [0.15, 0.2) is 11.6 Å². The zero-order chi connectivity index (χ0) is 17.6. The van der Waals surface area contributed by atoms with Gasteiger partial charge in [0.05, 0.1) is 29.0 Å². The summed E-state index contributed by atoms with van der Waals surface area (Å²) < 4.78 is 26.8. The number of rotatable bonds is 4. The average Bonchev–Trinajstić information content (AvgIpc) is 3.35. The Hall–Kier alpha value is -2.90. The Morgan fingerprint density at radius 3 is 2.68 bits per heavy atom. The Bertz CT molecular complexity index is 911. The van der Waals surface area contributed by atoms with Crippen molar-refractivity contribution >= 4 is 16.9 Å². The van der Waals surface area contributed by atoms with Crippen molar-refractivity contribution in [1.82, 2.24) is 25.3 Å². The van der Waals surface area contributed by atoms with Gasteiger partial charge in [0.1, 0.15) is 11.5 Å². The molecule has 1 amide bonds. The molecular weight excluding hydrogens is 328 g/mol. The summed E-state index contributed by atoms with van der Waals surface area (Å²) in [4.78, 5) is 27.9. The van der Waals surface area contributed by atoms with E-state index in [-0.39, 0.29) is 23.6 Å². The van der Waals surface area contributed by atoms with E-state index in [1.807, 2.05) is 0 Å². The van der Waals surface area contributed by atoms with Crippen LogP contribution < -0.4 is 5.32 Å². The van der Waals surface area contributed by atoms with Gasteiger partial charge in [0, 0.05) is 18.3 Å². The van der Waals surface area contributed by atoms with Gasteiger partial charge in [0.2, 0.25) is 0 Å². The monoisotopic (exact) mass is 343 g/mol. The van der Waals surface area contributed by atoms with Gasteiger partial charge in [-0.3, -0.25) is 9.78 Å². The zero-order valence-corrected chi connectivity index (χ0v) is 13.4. The lowest BCUT2D eigenvalue weighted by Crippen LogP contribution is -2.31. The summed E-state index contributed by atoms with van der Waals surface area (Å²) in [6, 6.07) is 1.74. The number of halogens is 2. The fourth-order valence-corrected chi connectivity index (χ4v) is 2.74. The van der Waals surface area contributed by atoms with Crippen LogP contribution in [-0.4, -0.2) is 25.8 Å². The molecule has 3 aromatic rings. The second-order valence-electron chi connectivity index (χ2n) is 6.24. The van der Waals surface area contributed by atoms with E-state index < -0.39 is 11.6 Å². The molecule has 0 bridgehead atoms. The molecule has 4 rings (SSSR count). The molecule has 25 heavy (non-hydrogen) atoms. The van der Waals surface area contributed by atoms with Crippen molar-refractivity contribution in [3.63, 3.8) is 0 Å². The number of fused-ring (bicyclic) bond motifs is 1. The topological polar surface area (TPSA) is 83.6 Å². The zero-order valence-electron chi connectivity index (χ0n) is 13.4. The van der Waals surface area contributed by atoms with Crippen LogP contribution in [0.25, 0.3) is 11.0 Å². The average molecular weight is 343 g/mol. The number of hydrogen-bond donors (Lipinski definition) is 2. The minimum atomic E-state index is -0.951. The van der Waals surface area contributed by atoms with Crippen LogP contribution >= 0.6 is 0 Å². The van der Waals surface area contributed by atoms with Crippen molar-refractivity contribution in [3.8, 4) is 0 Å². The smallest absolute Gasteiger partial charge is 0.272 e. The Kier molecular flexibility index (Phi) is 3.67. The molecular formula is C17H15F2N5O. The molecule has 2 aromatic heterocycles. The Labute approximate surface area is 141 Å². The summed E-state index contributed by atoms with van der Waals surface area (Å²) in [6.07, 6.45) is 4.83. The number of imidazole rings is 1. The molecule has 0 spiro atoms. The standard InChI is InChI=1S/C17H15F2N5O/c1-8-6-21-14(7-20-8)17(25)24-15(9-2-3-9)16-22-12-4-10(18)11(19)5-13(12)23-16/h4-7,9,15H,2-3H2,1H3,(H,22,23)(H,24,25)/t15-/m0/s1. The number of H-pyrrole nitrogens is 1. The van der Waals surface area contributed by atoms with Gasteiger partial charge in [-0.25, -0.2) is 18.7 Å². The number of carbonyl (C=O) groups excluding carboxylic acids is 1. The van der Waals surface area contributed by atoms with Crippen molar-refractivity contribution in [2.45, 2.75) is 25.8 Å². The fourth-order valence-electron chi connectivity index (χ4n) is 2.74. The van der Waals surface area contributed by atoms with E-state index in [2.05, 4.69) is 25.3 Å². The summed E-state index contributed by atoms with van der Waals surface area (Å²) in [5, 5.41) is 2.90. The van der Waals surface area contributed by atoms with Crippen molar-refractivity contribution in [3.05, 3.63) is 53.4 Å². The molecule has 0 radical (unpaired) electrons. The molecule has 128 valence electrons. The third-order valence-corrected chi connectivity index (χ3v) is 4.23. The summed E-state index contributed by atoms with van der Waals surface area (Å²) in [6.45, 7) is 1.79. The third kappa shape index (κ3) is 3.07. The first-order valence-corrected chi connectivity index (χ1v) is 7.95. The minimum Gasteiger partial charge on any atom is -0.340 e. The first kappa shape index (κ1) is 15.6. The number of amides is 1. The predicted octanol–water partition coefficient (Wildman–Crippen LogP) is 2.82. The number of nitrogens with zero attached hydrogens (tertiary/aromatic N) is 3. The van der Waals surface area contributed by atoms with Crippen LogP contribution in [0, 0.1) is 24.5 Å². The Balaban J connectivity index is 1.63. The van der Waals surface area contributed by atoms with Crippen LogP contribution in [0.4, 0.5) is 8.78 Å². The van der Waals surface area contributed by atoms with Crippen molar-refractivity contribution in [1.29, 1.82) is 0 Å². The Morgan fingerprint density at radius 2 is 2.00 bits per heavy atom.